The van der Waals surface area contributed by atoms with Gasteiger partial charge in [0.2, 0.25) is 0 Å². The van der Waals surface area contributed by atoms with Gasteiger partial charge in [-0.3, -0.25) is 4.90 Å². The average molecular weight is 480 g/mol. The molecular weight excluding hydrogens is 445 g/mol. The number of nitrogens with zero attached hydrogens (tertiary/aromatic N) is 1. The van der Waals surface area contributed by atoms with Crippen molar-refractivity contribution in [1.29, 1.82) is 0 Å². The third kappa shape index (κ3) is 6.06. The fraction of sp³-hybridized carbons (Fsp3) is 0.379. The van der Waals surface area contributed by atoms with Crippen LogP contribution >= 0.6 is 0 Å². The fourth-order valence-electron chi connectivity index (χ4n) is 4.77. The highest BCUT2D eigenvalue weighted by Gasteiger charge is 2.32. The van der Waals surface area contributed by atoms with Gasteiger partial charge in [0.25, 0.3) is 0 Å². The number of ether oxygens (including phenoxy) is 2. The van der Waals surface area contributed by atoms with E-state index in [4.69, 9.17) is 9.47 Å². The van der Waals surface area contributed by atoms with Crippen LogP contribution in [0.25, 0.3) is 0 Å². The third-order valence-corrected chi connectivity index (χ3v) is 6.92. The van der Waals surface area contributed by atoms with E-state index in [-0.39, 0.29) is 23.3 Å². The number of fused-ring (bicyclic) bond motifs is 1. The fourth-order valence-corrected chi connectivity index (χ4v) is 4.77. The molecule has 2 aliphatic heterocycles. The lowest BCUT2D eigenvalue weighted by Crippen LogP contribution is -2.34. The minimum absolute atomic E-state index is 0.0144. The van der Waals surface area contributed by atoms with Crippen LogP contribution in [-0.2, 0) is 0 Å². The molecule has 0 amide bonds. The first-order valence-corrected chi connectivity index (χ1v) is 12.3. The minimum atomic E-state index is -0.613. The molecule has 2 heterocycles. The summed E-state index contributed by atoms with van der Waals surface area (Å²) in [4.78, 5) is 2.50. The van der Waals surface area contributed by atoms with Gasteiger partial charge in [0, 0.05) is 17.5 Å². The number of likely N-dealkylation sites (tertiary alicyclic amines) is 1. The lowest BCUT2D eigenvalue weighted by molar-refractivity contribution is 0.172. The van der Waals surface area contributed by atoms with E-state index in [1.807, 2.05) is 49.4 Å². The Labute approximate surface area is 206 Å². The zero-order valence-corrected chi connectivity index (χ0v) is 20.4. The summed E-state index contributed by atoms with van der Waals surface area (Å²) in [7, 11) is 0. The largest absolute Gasteiger partial charge is 0.508 e. The maximum Gasteiger partial charge on any atom is 0.171 e. The van der Waals surface area contributed by atoms with Crippen LogP contribution in [0.15, 0.2) is 66.7 Å². The van der Waals surface area contributed by atoms with Crippen LogP contribution < -0.4 is 9.47 Å². The van der Waals surface area contributed by atoms with E-state index < -0.39 is 5.82 Å². The molecule has 3 aromatic rings. The second-order valence-corrected chi connectivity index (χ2v) is 9.32. The number of benzene rings is 3. The number of hydrogen-bond acceptors (Lipinski definition) is 5. The van der Waals surface area contributed by atoms with Gasteiger partial charge in [-0.15, -0.1) is 0 Å². The molecule has 1 saturated heterocycles. The van der Waals surface area contributed by atoms with Crippen molar-refractivity contribution in [2.24, 2.45) is 0 Å². The maximum atomic E-state index is 14.1. The van der Waals surface area contributed by atoms with Crippen LogP contribution in [0.4, 0.5) is 4.39 Å². The van der Waals surface area contributed by atoms with Crippen LogP contribution in [0.3, 0.4) is 0 Å². The van der Waals surface area contributed by atoms with Crippen molar-refractivity contribution < 1.29 is 24.1 Å². The van der Waals surface area contributed by atoms with Gasteiger partial charge in [-0.1, -0.05) is 37.3 Å². The Hall–Kier alpha value is -3.25. The Balaban J connectivity index is 0.000000172. The molecule has 3 aromatic carbocycles. The van der Waals surface area contributed by atoms with E-state index in [1.54, 1.807) is 18.2 Å². The quantitative estimate of drug-likeness (QED) is 0.465. The number of rotatable bonds is 5. The first kappa shape index (κ1) is 24.9. The van der Waals surface area contributed by atoms with Gasteiger partial charge in [0.1, 0.15) is 23.9 Å². The Kier molecular flexibility index (Phi) is 8.13. The monoisotopic (exact) mass is 479 g/mol. The molecule has 2 N–H and O–H groups in total. The molecule has 5 rings (SSSR count). The maximum absolute atomic E-state index is 14.1. The lowest BCUT2D eigenvalue weighted by Gasteiger charge is -2.32. The summed E-state index contributed by atoms with van der Waals surface area (Å²) in [6.07, 6.45) is 2.69. The predicted molar refractivity (Wildman–Crippen MR) is 135 cm³/mol. The van der Waals surface area contributed by atoms with E-state index in [0.29, 0.717) is 24.0 Å². The Morgan fingerprint density at radius 1 is 1.00 bits per heavy atom. The summed E-state index contributed by atoms with van der Waals surface area (Å²) < 4.78 is 25.5. The molecule has 35 heavy (non-hydrogen) atoms. The molecule has 1 fully saturated rings. The highest BCUT2D eigenvalue weighted by Crippen LogP contribution is 2.45. The van der Waals surface area contributed by atoms with Gasteiger partial charge < -0.3 is 19.7 Å². The summed E-state index contributed by atoms with van der Waals surface area (Å²) in [6.45, 7) is 7.88. The molecular formula is C29H34FNO4. The first-order valence-electron chi connectivity index (χ1n) is 12.3. The van der Waals surface area contributed by atoms with Gasteiger partial charge in [-0.05, 0) is 80.7 Å². The first-order chi connectivity index (χ1) is 16.9. The van der Waals surface area contributed by atoms with E-state index in [1.165, 1.54) is 32.0 Å². The van der Waals surface area contributed by atoms with Crippen molar-refractivity contribution in [3.05, 3.63) is 83.7 Å². The molecule has 3 atom stereocenters. The van der Waals surface area contributed by atoms with Crippen molar-refractivity contribution in [1.82, 2.24) is 4.90 Å². The number of hydrogen-bond donors (Lipinski definition) is 2. The molecule has 6 heteroatoms. The number of para-hydroxylation sites is 1. The molecule has 0 saturated carbocycles. The van der Waals surface area contributed by atoms with E-state index in [0.717, 1.165) is 17.9 Å². The third-order valence-electron chi connectivity index (χ3n) is 6.92. The van der Waals surface area contributed by atoms with Crippen LogP contribution in [0.5, 0.6) is 23.0 Å². The Morgan fingerprint density at radius 2 is 1.69 bits per heavy atom. The molecule has 0 aliphatic carbocycles. The van der Waals surface area contributed by atoms with Crippen molar-refractivity contribution in [2.45, 2.75) is 44.6 Å². The van der Waals surface area contributed by atoms with Crippen molar-refractivity contribution in [3.63, 3.8) is 0 Å². The average Bonchev–Trinajstić information content (AvgIpc) is 3.42. The zero-order chi connectivity index (χ0) is 24.8. The minimum Gasteiger partial charge on any atom is -0.508 e. The highest BCUT2D eigenvalue weighted by molar-refractivity contribution is 5.47. The SMILES string of the molecule is C[C@@H](COc1ccccc1)N1CCCC1.C[C@@H]1c2c(ccc(O)c2F)OC[C@H]1c1ccc(O)cc1. The number of phenolic OH excluding ortho intramolecular Hbond substituents is 2. The van der Waals surface area contributed by atoms with E-state index in [2.05, 4.69) is 11.8 Å². The molecule has 5 nitrogen and oxygen atoms in total. The van der Waals surface area contributed by atoms with Gasteiger partial charge >= 0.3 is 0 Å². The second-order valence-electron chi connectivity index (χ2n) is 9.32. The summed E-state index contributed by atoms with van der Waals surface area (Å²) in [5.74, 6) is 0.563. The predicted octanol–water partition coefficient (Wildman–Crippen LogP) is 6.07. The van der Waals surface area contributed by atoms with Crippen LogP contribution in [0.1, 0.15) is 49.7 Å². The number of halogens is 1. The lowest BCUT2D eigenvalue weighted by atomic mass is 9.81. The summed E-state index contributed by atoms with van der Waals surface area (Å²) in [5.41, 5.74) is 1.39. The Morgan fingerprint density at radius 3 is 2.37 bits per heavy atom. The van der Waals surface area contributed by atoms with Crippen LogP contribution in [-0.4, -0.2) is 47.5 Å². The summed E-state index contributed by atoms with van der Waals surface area (Å²) in [6, 6.07) is 20.3. The van der Waals surface area contributed by atoms with E-state index in [9.17, 15) is 14.6 Å². The highest BCUT2D eigenvalue weighted by atomic mass is 19.1. The normalized spacial score (nSPS) is 20.2. The van der Waals surface area contributed by atoms with Crippen molar-refractivity contribution >= 4 is 0 Å². The molecule has 0 unspecified atom stereocenters. The molecule has 0 aromatic heterocycles. The van der Waals surface area contributed by atoms with E-state index >= 15 is 0 Å². The molecule has 0 radical (unpaired) electrons. The topological polar surface area (TPSA) is 62.2 Å². The standard InChI is InChI=1S/C16H15FO3.C13H19NO/c1-9-12(10-2-4-11(18)5-3-10)8-20-14-7-6-13(19)16(17)15(9)14;1-12(14-9-5-6-10-14)11-15-13-7-3-2-4-8-13/h2-7,9,12,18-19H,8H2,1H3;2-4,7-8,12H,5-6,9-11H2,1H3/t9-,12+;12-/m00/s1. The van der Waals surface area contributed by atoms with Gasteiger partial charge in [0.15, 0.2) is 11.6 Å². The van der Waals surface area contributed by atoms with Gasteiger partial charge in [-0.25, -0.2) is 4.39 Å². The number of aromatic hydroxyl groups is 2. The van der Waals surface area contributed by atoms with Crippen LogP contribution in [0, 0.1) is 5.82 Å². The second kappa shape index (κ2) is 11.5. The zero-order valence-electron chi connectivity index (χ0n) is 20.4. The molecule has 186 valence electrons. The van der Waals surface area contributed by atoms with Gasteiger partial charge in [-0.2, -0.15) is 0 Å². The summed E-state index contributed by atoms with van der Waals surface area (Å²) in [5, 5.41) is 18.9. The van der Waals surface area contributed by atoms with Gasteiger partial charge in [0.05, 0.1) is 6.61 Å². The van der Waals surface area contributed by atoms with Crippen LogP contribution in [0.2, 0.25) is 0 Å². The smallest absolute Gasteiger partial charge is 0.171 e. The molecule has 0 bridgehead atoms. The molecule has 0 spiro atoms. The van der Waals surface area contributed by atoms with Crippen molar-refractivity contribution in [2.75, 3.05) is 26.3 Å². The molecule has 2 aliphatic rings. The van der Waals surface area contributed by atoms with Crippen molar-refractivity contribution in [3.8, 4) is 23.0 Å². The number of phenols is 2. The summed E-state index contributed by atoms with van der Waals surface area (Å²) >= 11 is 0. The Bertz CT molecular complexity index is 1080.